The van der Waals surface area contributed by atoms with Crippen LogP contribution in [0, 0.1) is 0 Å². The first-order valence-corrected chi connectivity index (χ1v) is 6.84. The molecule has 0 bridgehead atoms. The van der Waals surface area contributed by atoms with E-state index in [9.17, 15) is 4.79 Å². The van der Waals surface area contributed by atoms with E-state index in [1.165, 1.54) is 0 Å². The van der Waals surface area contributed by atoms with Crippen LogP contribution >= 0.6 is 15.9 Å². The van der Waals surface area contributed by atoms with E-state index < -0.39 is 5.97 Å². The number of nitrogens with zero attached hydrogens (tertiary/aromatic N) is 3. The van der Waals surface area contributed by atoms with Gasteiger partial charge in [0, 0.05) is 4.47 Å². The van der Waals surface area contributed by atoms with Crippen LogP contribution < -0.4 is 4.74 Å². The molecule has 6 nitrogen and oxygen atoms in total. The molecular formula is C13H14BrN3O3. The molecule has 106 valence electrons. The minimum atomic E-state index is -1.06. The van der Waals surface area contributed by atoms with Gasteiger partial charge >= 0.3 is 5.97 Å². The number of hydrogen-bond acceptors (Lipinski definition) is 4. The van der Waals surface area contributed by atoms with E-state index in [0.29, 0.717) is 18.7 Å². The molecule has 0 atom stereocenters. The summed E-state index contributed by atoms with van der Waals surface area (Å²) in [6, 6.07) is 5.61. The zero-order valence-corrected chi connectivity index (χ0v) is 12.7. The first-order chi connectivity index (χ1) is 9.56. The lowest BCUT2D eigenvalue weighted by atomic mass is 10.2. The second-order valence-corrected chi connectivity index (χ2v) is 5.01. The molecule has 7 heteroatoms. The third-order valence-corrected chi connectivity index (χ3v) is 3.72. The van der Waals surface area contributed by atoms with Crippen molar-refractivity contribution in [2.24, 2.45) is 0 Å². The summed E-state index contributed by atoms with van der Waals surface area (Å²) in [4.78, 5) is 11.1. The number of methoxy groups -OCH3 is 1. The molecular weight excluding hydrogens is 326 g/mol. The van der Waals surface area contributed by atoms with Gasteiger partial charge in [-0.2, -0.15) is 0 Å². The van der Waals surface area contributed by atoms with Crippen molar-refractivity contribution in [2.45, 2.75) is 19.9 Å². The van der Waals surface area contributed by atoms with Crippen LogP contribution in [0.4, 0.5) is 0 Å². The third kappa shape index (κ3) is 2.82. The fraction of sp³-hybridized carbons (Fsp3) is 0.308. The molecule has 1 heterocycles. The Morgan fingerprint density at radius 3 is 2.85 bits per heavy atom. The average Bonchev–Trinajstić information content (AvgIpc) is 2.84. The van der Waals surface area contributed by atoms with E-state index in [2.05, 4.69) is 26.2 Å². The van der Waals surface area contributed by atoms with Crippen LogP contribution in [-0.4, -0.2) is 33.2 Å². The summed E-state index contributed by atoms with van der Waals surface area (Å²) in [5, 5.41) is 16.7. The molecule has 0 aliphatic heterocycles. The van der Waals surface area contributed by atoms with Gasteiger partial charge in [-0.3, -0.25) is 0 Å². The molecule has 0 spiro atoms. The zero-order chi connectivity index (χ0) is 14.7. The number of hydrogen-bond donors (Lipinski definition) is 1. The number of ether oxygens (including phenoxy) is 1. The number of carboxylic acid groups (broad SMARTS) is 1. The number of benzene rings is 1. The first kappa shape index (κ1) is 14.5. The van der Waals surface area contributed by atoms with E-state index in [4.69, 9.17) is 9.84 Å². The SMILES string of the molecule is CCc1c(C(=O)O)nnn1Cc1cc(OC)ccc1Br. The highest BCUT2D eigenvalue weighted by Gasteiger charge is 2.18. The molecule has 0 fully saturated rings. The van der Waals surface area contributed by atoms with Crippen LogP contribution in [0.25, 0.3) is 0 Å². The van der Waals surface area contributed by atoms with Crippen molar-refractivity contribution < 1.29 is 14.6 Å². The highest BCUT2D eigenvalue weighted by Crippen LogP contribution is 2.23. The van der Waals surface area contributed by atoms with Gasteiger partial charge < -0.3 is 9.84 Å². The van der Waals surface area contributed by atoms with Crippen molar-refractivity contribution >= 4 is 21.9 Å². The largest absolute Gasteiger partial charge is 0.497 e. The summed E-state index contributed by atoms with van der Waals surface area (Å²) in [6.45, 7) is 2.31. The van der Waals surface area contributed by atoms with Crippen LogP contribution in [-0.2, 0) is 13.0 Å². The first-order valence-electron chi connectivity index (χ1n) is 6.04. The monoisotopic (exact) mass is 339 g/mol. The van der Waals surface area contributed by atoms with Crippen LogP contribution in [0.2, 0.25) is 0 Å². The van der Waals surface area contributed by atoms with Gasteiger partial charge in [0.2, 0.25) is 0 Å². The van der Waals surface area contributed by atoms with Crippen molar-refractivity contribution in [3.05, 3.63) is 39.6 Å². The molecule has 0 saturated carbocycles. The van der Waals surface area contributed by atoms with Gasteiger partial charge in [-0.15, -0.1) is 5.10 Å². The van der Waals surface area contributed by atoms with Crippen LogP contribution in [0.1, 0.15) is 28.7 Å². The van der Waals surface area contributed by atoms with Crippen LogP contribution in [0.15, 0.2) is 22.7 Å². The molecule has 2 rings (SSSR count). The van der Waals surface area contributed by atoms with Gasteiger partial charge in [0.15, 0.2) is 5.69 Å². The molecule has 0 saturated heterocycles. The van der Waals surface area contributed by atoms with Crippen molar-refractivity contribution in [3.8, 4) is 5.75 Å². The number of halogens is 1. The van der Waals surface area contributed by atoms with Crippen LogP contribution in [0.3, 0.4) is 0 Å². The molecule has 1 aromatic carbocycles. The molecule has 0 unspecified atom stereocenters. The molecule has 0 radical (unpaired) electrons. The Hall–Kier alpha value is -1.89. The van der Waals surface area contributed by atoms with Gasteiger partial charge in [0.1, 0.15) is 5.75 Å². The maximum atomic E-state index is 11.1. The summed E-state index contributed by atoms with van der Waals surface area (Å²) in [6.07, 6.45) is 0.552. The standard InChI is InChI=1S/C13H14BrN3O3/c1-3-11-12(13(18)19)15-16-17(11)7-8-6-9(20-2)4-5-10(8)14/h4-6H,3,7H2,1-2H3,(H,18,19). The molecule has 1 N–H and O–H groups in total. The number of rotatable bonds is 5. The lowest BCUT2D eigenvalue weighted by molar-refractivity contribution is 0.0689. The average molecular weight is 340 g/mol. The summed E-state index contributed by atoms with van der Waals surface area (Å²) < 4.78 is 7.70. The summed E-state index contributed by atoms with van der Waals surface area (Å²) in [7, 11) is 1.60. The minimum Gasteiger partial charge on any atom is -0.497 e. The Morgan fingerprint density at radius 2 is 2.25 bits per heavy atom. The summed E-state index contributed by atoms with van der Waals surface area (Å²) >= 11 is 3.47. The number of carboxylic acids is 1. The molecule has 20 heavy (non-hydrogen) atoms. The molecule has 0 amide bonds. The highest BCUT2D eigenvalue weighted by atomic mass is 79.9. The summed E-state index contributed by atoms with van der Waals surface area (Å²) in [5.74, 6) is -0.322. The Morgan fingerprint density at radius 1 is 1.50 bits per heavy atom. The Balaban J connectivity index is 2.37. The van der Waals surface area contributed by atoms with E-state index in [-0.39, 0.29) is 5.69 Å². The van der Waals surface area contributed by atoms with E-state index in [0.717, 1.165) is 15.8 Å². The maximum absolute atomic E-state index is 11.1. The van der Waals surface area contributed by atoms with Gasteiger partial charge in [0.05, 0.1) is 19.3 Å². The quantitative estimate of drug-likeness (QED) is 0.904. The Kier molecular flexibility index (Phi) is 4.39. The van der Waals surface area contributed by atoms with Crippen molar-refractivity contribution in [3.63, 3.8) is 0 Å². The number of aromatic carboxylic acids is 1. The lowest BCUT2D eigenvalue weighted by Gasteiger charge is -2.09. The fourth-order valence-corrected chi connectivity index (χ4v) is 2.31. The highest BCUT2D eigenvalue weighted by molar-refractivity contribution is 9.10. The molecule has 2 aromatic rings. The third-order valence-electron chi connectivity index (χ3n) is 2.95. The minimum absolute atomic E-state index is 0.00604. The second kappa shape index (κ2) is 6.04. The van der Waals surface area contributed by atoms with Gasteiger partial charge in [0.25, 0.3) is 0 Å². The van der Waals surface area contributed by atoms with E-state index in [1.807, 2.05) is 25.1 Å². The number of carbonyl (C=O) groups is 1. The maximum Gasteiger partial charge on any atom is 0.358 e. The number of aromatic nitrogens is 3. The van der Waals surface area contributed by atoms with Gasteiger partial charge in [-0.25, -0.2) is 9.48 Å². The topological polar surface area (TPSA) is 77.2 Å². The van der Waals surface area contributed by atoms with Crippen LogP contribution in [0.5, 0.6) is 5.75 Å². The molecule has 0 aliphatic carbocycles. The smallest absolute Gasteiger partial charge is 0.358 e. The predicted molar refractivity (Wildman–Crippen MR) is 76.2 cm³/mol. The molecule has 1 aromatic heterocycles. The normalized spacial score (nSPS) is 10.6. The summed E-state index contributed by atoms with van der Waals surface area (Å²) in [5.41, 5.74) is 1.56. The van der Waals surface area contributed by atoms with E-state index in [1.54, 1.807) is 11.8 Å². The van der Waals surface area contributed by atoms with Crippen molar-refractivity contribution in [1.82, 2.24) is 15.0 Å². The lowest BCUT2D eigenvalue weighted by Crippen LogP contribution is -2.09. The Labute approximate surface area is 124 Å². The second-order valence-electron chi connectivity index (χ2n) is 4.16. The van der Waals surface area contributed by atoms with Crippen molar-refractivity contribution in [1.29, 1.82) is 0 Å². The predicted octanol–water partition coefficient (Wildman–Crippen LogP) is 2.36. The van der Waals surface area contributed by atoms with E-state index >= 15 is 0 Å². The fourth-order valence-electron chi connectivity index (χ4n) is 1.94. The zero-order valence-electron chi connectivity index (χ0n) is 11.1. The van der Waals surface area contributed by atoms with Gasteiger partial charge in [-0.1, -0.05) is 28.1 Å². The Bertz CT molecular complexity index is 640. The van der Waals surface area contributed by atoms with Gasteiger partial charge in [-0.05, 0) is 30.2 Å². The van der Waals surface area contributed by atoms with Crippen molar-refractivity contribution in [2.75, 3.05) is 7.11 Å². The molecule has 0 aliphatic rings.